The van der Waals surface area contributed by atoms with E-state index in [0.717, 1.165) is 51.4 Å². The van der Waals surface area contributed by atoms with Crippen molar-refractivity contribution >= 4 is 12.2 Å². The van der Waals surface area contributed by atoms with Gasteiger partial charge in [-0.25, -0.2) is 14.4 Å². The van der Waals surface area contributed by atoms with Crippen LogP contribution in [0, 0.1) is 6.92 Å². The highest BCUT2D eigenvalue weighted by Crippen LogP contribution is 2.30. The van der Waals surface area contributed by atoms with Gasteiger partial charge in [0, 0.05) is 30.3 Å². The molecule has 3 fully saturated rings. The molecule has 1 aliphatic heterocycles. The summed E-state index contributed by atoms with van der Waals surface area (Å²) in [4.78, 5) is 50.9. The monoisotopic (exact) mass is 464 g/mol. The molecule has 0 aromatic carbocycles. The van der Waals surface area contributed by atoms with Crippen molar-refractivity contribution in [1.82, 2.24) is 20.2 Å². The molecule has 2 aliphatic carbocycles. The minimum absolute atomic E-state index is 0.0898. The second kappa shape index (κ2) is 10.4. The van der Waals surface area contributed by atoms with Gasteiger partial charge < -0.3 is 24.8 Å². The van der Waals surface area contributed by atoms with E-state index in [9.17, 15) is 19.2 Å². The van der Waals surface area contributed by atoms with Crippen molar-refractivity contribution in [2.45, 2.75) is 95.2 Å². The van der Waals surface area contributed by atoms with Crippen LogP contribution in [0.15, 0.2) is 15.8 Å². The maximum absolute atomic E-state index is 12.5. The summed E-state index contributed by atoms with van der Waals surface area (Å²) in [6.07, 6.45) is 6.24. The molecule has 0 bridgehead atoms. The van der Waals surface area contributed by atoms with Crippen molar-refractivity contribution < 1.29 is 23.8 Å². The van der Waals surface area contributed by atoms with Crippen LogP contribution in [0.1, 0.15) is 69.6 Å². The number of amides is 2. The molecule has 0 spiro atoms. The van der Waals surface area contributed by atoms with E-state index < -0.39 is 41.9 Å². The first-order valence-electron chi connectivity index (χ1n) is 11.8. The molecule has 1 saturated heterocycles. The van der Waals surface area contributed by atoms with Crippen molar-refractivity contribution in [3.05, 3.63) is 32.6 Å². The highest BCUT2D eigenvalue weighted by molar-refractivity contribution is 5.68. The number of rotatable bonds is 6. The van der Waals surface area contributed by atoms with Crippen LogP contribution in [0.3, 0.4) is 0 Å². The van der Waals surface area contributed by atoms with Crippen LogP contribution in [-0.4, -0.2) is 52.6 Å². The summed E-state index contributed by atoms with van der Waals surface area (Å²) in [7, 11) is 0. The number of nitrogens with one attached hydrogen (secondary N) is 3. The number of nitrogens with zero attached hydrogens (tertiary/aromatic N) is 1. The van der Waals surface area contributed by atoms with E-state index >= 15 is 0 Å². The fraction of sp³-hybridized carbons (Fsp3) is 0.727. The zero-order valence-corrected chi connectivity index (χ0v) is 18.8. The number of carbonyl (C=O) groups excluding carboxylic acids is 2. The van der Waals surface area contributed by atoms with Crippen LogP contribution in [0.25, 0.3) is 0 Å². The zero-order chi connectivity index (χ0) is 23.4. The molecule has 3 atom stereocenters. The number of H-pyrrole nitrogens is 1. The Balaban J connectivity index is 1.41. The maximum Gasteiger partial charge on any atom is 0.407 e. The topological polar surface area (TPSA) is 141 Å². The fourth-order valence-corrected chi connectivity index (χ4v) is 4.79. The van der Waals surface area contributed by atoms with Gasteiger partial charge in [-0.3, -0.25) is 14.3 Å². The third kappa shape index (κ3) is 5.95. The number of ether oxygens (including phenoxy) is 3. The number of aromatic nitrogens is 2. The molecule has 182 valence electrons. The summed E-state index contributed by atoms with van der Waals surface area (Å²) < 4.78 is 18.2. The fourth-order valence-electron chi connectivity index (χ4n) is 4.79. The highest BCUT2D eigenvalue weighted by Gasteiger charge is 2.40. The van der Waals surface area contributed by atoms with Crippen LogP contribution in [-0.2, 0) is 14.2 Å². The predicted octanol–water partition coefficient (Wildman–Crippen LogP) is 1.84. The molecule has 3 aliphatic rings. The highest BCUT2D eigenvalue weighted by atomic mass is 16.6. The van der Waals surface area contributed by atoms with Crippen molar-refractivity contribution in [3.63, 3.8) is 0 Å². The lowest BCUT2D eigenvalue weighted by molar-refractivity contribution is -0.0516. The number of hydrogen-bond donors (Lipinski definition) is 3. The van der Waals surface area contributed by atoms with Gasteiger partial charge in [0.05, 0.1) is 0 Å². The molecule has 11 heteroatoms. The average Bonchev–Trinajstić information content (AvgIpc) is 3.52. The molecule has 1 aromatic rings. The smallest absolute Gasteiger partial charge is 0.407 e. The molecule has 2 amide bonds. The van der Waals surface area contributed by atoms with Gasteiger partial charge in [0.1, 0.15) is 25.0 Å². The normalized spacial score (nSPS) is 25.8. The molecule has 2 heterocycles. The molecule has 33 heavy (non-hydrogen) atoms. The molecule has 3 N–H and O–H groups in total. The lowest BCUT2D eigenvalue weighted by atomic mass is 10.2. The average molecular weight is 465 g/mol. The Morgan fingerprint density at radius 1 is 1.06 bits per heavy atom. The molecular formula is C22H32N4O7. The second-order valence-corrected chi connectivity index (χ2v) is 9.14. The van der Waals surface area contributed by atoms with Gasteiger partial charge in [-0.2, -0.15) is 0 Å². The summed E-state index contributed by atoms with van der Waals surface area (Å²) in [5.74, 6) is 0. The molecule has 1 aromatic heterocycles. The number of aromatic amines is 1. The van der Waals surface area contributed by atoms with Crippen LogP contribution in [0.4, 0.5) is 9.59 Å². The van der Waals surface area contributed by atoms with E-state index in [1.165, 1.54) is 10.8 Å². The molecule has 2 saturated carbocycles. The van der Waals surface area contributed by atoms with Gasteiger partial charge in [0.25, 0.3) is 5.56 Å². The predicted molar refractivity (Wildman–Crippen MR) is 117 cm³/mol. The molecule has 11 nitrogen and oxygen atoms in total. The van der Waals surface area contributed by atoms with Crippen molar-refractivity contribution in [3.8, 4) is 0 Å². The number of carbonyl (C=O) groups is 2. The summed E-state index contributed by atoms with van der Waals surface area (Å²) in [5.41, 5.74) is -0.739. The van der Waals surface area contributed by atoms with Gasteiger partial charge in [-0.15, -0.1) is 0 Å². The molecule has 4 rings (SSSR count). The quantitative estimate of drug-likeness (QED) is 0.583. The molecular weight excluding hydrogens is 432 g/mol. The van der Waals surface area contributed by atoms with Crippen LogP contribution in [0.5, 0.6) is 0 Å². The summed E-state index contributed by atoms with van der Waals surface area (Å²) in [6, 6.07) is 0.202. The standard InChI is InChI=1S/C22H32N4O7/c1-13-11-26(20(28)25-19(13)27)18-10-16(33-22(30)24-15-8-4-5-9-15)17(32-18)12-31-21(29)23-14-6-2-3-7-14/h11,14-18H,2-10,12H2,1H3,(H,23,29)(H,24,30)(H,25,27,28)/t16-,17+,18+/m0/s1. The summed E-state index contributed by atoms with van der Waals surface area (Å²) >= 11 is 0. The van der Waals surface area contributed by atoms with Gasteiger partial charge in [-0.05, 0) is 32.6 Å². The Hall–Kier alpha value is -2.82. The zero-order valence-electron chi connectivity index (χ0n) is 18.8. The first kappa shape index (κ1) is 23.3. The Morgan fingerprint density at radius 3 is 2.30 bits per heavy atom. The Bertz CT molecular complexity index is 962. The Labute approximate surface area is 191 Å². The minimum atomic E-state index is -0.774. The second-order valence-electron chi connectivity index (χ2n) is 9.14. The lowest BCUT2D eigenvalue weighted by Crippen LogP contribution is -2.40. The van der Waals surface area contributed by atoms with E-state index in [0.29, 0.717) is 5.56 Å². The van der Waals surface area contributed by atoms with E-state index in [2.05, 4.69) is 15.6 Å². The Kier molecular flexibility index (Phi) is 7.36. The van der Waals surface area contributed by atoms with Crippen molar-refractivity contribution in [2.75, 3.05) is 6.61 Å². The SMILES string of the molecule is Cc1cn([C@H]2C[C@H](OC(=O)NC3CCCC3)[C@@H](COC(=O)NC3CCCC3)O2)c(=O)[nH]c1=O. The number of aryl methyl sites for hydroxylation is 1. The van der Waals surface area contributed by atoms with E-state index in [1.54, 1.807) is 6.92 Å². The number of hydrogen-bond acceptors (Lipinski definition) is 7. The minimum Gasteiger partial charge on any atom is -0.447 e. The van der Waals surface area contributed by atoms with Gasteiger partial charge in [0.2, 0.25) is 0 Å². The van der Waals surface area contributed by atoms with Crippen LogP contribution >= 0.6 is 0 Å². The third-order valence-corrected chi connectivity index (χ3v) is 6.63. The van der Waals surface area contributed by atoms with Crippen molar-refractivity contribution in [2.24, 2.45) is 0 Å². The molecule has 0 unspecified atom stereocenters. The van der Waals surface area contributed by atoms with E-state index in [1.807, 2.05) is 0 Å². The van der Waals surface area contributed by atoms with Crippen LogP contribution in [0.2, 0.25) is 0 Å². The lowest BCUT2D eigenvalue weighted by Gasteiger charge is -2.21. The third-order valence-electron chi connectivity index (χ3n) is 6.63. The Morgan fingerprint density at radius 2 is 1.67 bits per heavy atom. The number of alkyl carbamates (subject to hydrolysis) is 2. The summed E-state index contributed by atoms with van der Waals surface area (Å²) in [6.45, 7) is 1.45. The maximum atomic E-state index is 12.5. The molecule has 0 radical (unpaired) electrons. The van der Waals surface area contributed by atoms with Crippen LogP contribution < -0.4 is 21.9 Å². The van der Waals surface area contributed by atoms with Gasteiger partial charge in [-0.1, -0.05) is 25.7 Å². The van der Waals surface area contributed by atoms with E-state index in [-0.39, 0.29) is 25.1 Å². The largest absolute Gasteiger partial charge is 0.447 e. The first-order chi connectivity index (χ1) is 15.9. The van der Waals surface area contributed by atoms with Gasteiger partial charge in [0.15, 0.2) is 0 Å². The van der Waals surface area contributed by atoms with E-state index in [4.69, 9.17) is 14.2 Å². The van der Waals surface area contributed by atoms with Gasteiger partial charge >= 0.3 is 17.9 Å². The first-order valence-corrected chi connectivity index (χ1v) is 11.8. The van der Waals surface area contributed by atoms with Crippen molar-refractivity contribution in [1.29, 1.82) is 0 Å². The summed E-state index contributed by atoms with van der Waals surface area (Å²) in [5, 5.41) is 5.71.